The Morgan fingerprint density at radius 2 is 2.21 bits per heavy atom. The summed E-state index contributed by atoms with van der Waals surface area (Å²) in [7, 11) is 1.81. The van der Waals surface area contributed by atoms with E-state index < -0.39 is 0 Å². The summed E-state index contributed by atoms with van der Waals surface area (Å²) >= 11 is 0. The number of aliphatic hydroxyl groups excluding tert-OH is 1. The first-order valence-corrected chi connectivity index (χ1v) is 5.23. The molecule has 0 aliphatic carbocycles. The Bertz CT molecular complexity index is 208. The molecule has 4 heteroatoms. The maximum absolute atomic E-state index is 11.9. The summed E-state index contributed by atoms with van der Waals surface area (Å²) in [6, 6.07) is -0.0666. The van der Waals surface area contributed by atoms with Gasteiger partial charge in [-0.1, -0.05) is 6.92 Å². The standard InChI is InChI=1S/C10H20N2O2/c1-4-12-6-5-8(2)11(3)10(14)9(12)7-13/h8-9,13H,4-7H2,1-3H3. The zero-order valence-electron chi connectivity index (χ0n) is 9.23. The van der Waals surface area contributed by atoms with E-state index in [0.29, 0.717) is 0 Å². The van der Waals surface area contributed by atoms with Crippen LogP contribution in [0.5, 0.6) is 0 Å². The number of rotatable bonds is 2. The smallest absolute Gasteiger partial charge is 0.242 e. The molecule has 1 N–H and O–H groups in total. The molecule has 0 spiro atoms. The van der Waals surface area contributed by atoms with Gasteiger partial charge in [-0.15, -0.1) is 0 Å². The summed E-state index contributed by atoms with van der Waals surface area (Å²) in [5, 5.41) is 9.20. The molecule has 0 aromatic heterocycles. The predicted molar refractivity (Wildman–Crippen MR) is 55.0 cm³/mol. The number of hydrogen-bond acceptors (Lipinski definition) is 3. The second-order valence-corrected chi connectivity index (χ2v) is 3.91. The lowest BCUT2D eigenvalue weighted by molar-refractivity contribution is -0.136. The Labute approximate surface area is 85.5 Å². The van der Waals surface area contributed by atoms with Gasteiger partial charge < -0.3 is 10.0 Å². The maximum Gasteiger partial charge on any atom is 0.242 e. The Morgan fingerprint density at radius 1 is 1.57 bits per heavy atom. The highest BCUT2D eigenvalue weighted by Crippen LogP contribution is 2.14. The first kappa shape index (κ1) is 11.5. The molecule has 2 unspecified atom stereocenters. The van der Waals surface area contributed by atoms with Gasteiger partial charge in [-0.25, -0.2) is 0 Å². The number of aliphatic hydroxyl groups is 1. The molecule has 0 aromatic rings. The zero-order chi connectivity index (χ0) is 10.7. The average molecular weight is 200 g/mol. The molecule has 1 fully saturated rings. The van der Waals surface area contributed by atoms with Crippen molar-refractivity contribution >= 4 is 5.91 Å². The lowest BCUT2D eigenvalue weighted by atomic mass is 10.2. The first-order valence-electron chi connectivity index (χ1n) is 5.23. The number of nitrogens with zero attached hydrogens (tertiary/aromatic N) is 2. The van der Waals surface area contributed by atoms with Crippen LogP contribution in [0.1, 0.15) is 20.3 Å². The van der Waals surface area contributed by atoms with Gasteiger partial charge >= 0.3 is 0 Å². The van der Waals surface area contributed by atoms with E-state index in [-0.39, 0.29) is 24.6 Å². The van der Waals surface area contributed by atoms with Crippen molar-refractivity contribution in [1.82, 2.24) is 9.80 Å². The van der Waals surface area contributed by atoms with Crippen molar-refractivity contribution in [2.45, 2.75) is 32.4 Å². The summed E-state index contributed by atoms with van der Waals surface area (Å²) < 4.78 is 0. The van der Waals surface area contributed by atoms with Crippen molar-refractivity contribution in [1.29, 1.82) is 0 Å². The van der Waals surface area contributed by atoms with Gasteiger partial charge in [0.25, 0.3) is 0 Å². The molecule has 82 valence electrons. The van der Waals surface area contributed by atoms with E-state index in [9.17, 15) is 9.90 Å². The Morgan fingerprint density at radius 3 is 2.71 bits per heavy atom. The fraction of sp³-hybridized carbons (Fsp3) is 0.900. The third-order valence-corrected chi connectivity index (χ3v) is 3.15. The molecule has 1 amide bonds. The minimum atomic E-state index is -0.338. The lowest BCUT2D eigenvalue weighted by Crippen LogP contribution is -2.47. The van der Waals surface area contributed by atoms with E-state index in [1.165, 1.54) is 0 Å². The van der Waals surface area contributed by atoms with Crippen LogP contribution in [0.15, 0.2) is 0 Å². The van der Waals surface area contributed by atoms with Gasteiger partial charge in [-0.3, -0.25) is 9.69 Å². The normalized spacial score (nSPS) is 30.6. The maximum atomic E-state index is 11.9. The van der Waals surface area contributed by atoms with Crippen LogP contribution in [0, 0.1) is 0 Å². The fourth-order valence-electron chi connectivity index (χ4n) is 1.88. The molecule has 1 aliphatic heterocycles. The Hall–Kier alpha value is -0.610. The highest BCUT2D eigenvalue weighted by atomic mass is 16.3. The van der Waals surface area contributed by atoms with Crippen molar-refractivity contribution in [3.63, 3.8) is 0 Å². The van der Waals surface area contributed by atoms with E-state index in [1.807, 2.05) is 25.8 Å². The Balaban J connectivity index is 2.81. The van der Waals surface area contributed by atoms with Crippen molar-refractivity contribution in [3.8, 4) is 0 Å². The molecule has 1 heterocycles. The molecule has 1 aliphatic rings. The summed E-state index contributed by atoms with van der Waals surface area (Å²) in [5.74, 6) is 0.0411. The van der Waals surface area contributed by atoms with Crippen molar-refractivity contribution < 1.29 is 9.90 Å². The number of hydrogen-bond donors (Lipinski definition) is 1. The summed E-state index contributed by atoms with van der Waals surface area (Å²) in [4.78, 5) is 15.7. The average Bonchev–Trinajstić information content (AvgIpc) is 2.30. The van der Waals surface area contributed by atoms with E-state index >= 15 is 0 Å². The van der Waals surface area contributed by atoms with E-state index in [4.69, 9.17) is 0 Å². The third kappa shape index (κ3) is 2.07. The van der Waals surface area contributed by atoms with Crippen LogP contribution in [0.4, 0.5) is 0 Å². The van der Waals surface area contributed by atoms with E-state index in [0.717, 1.165) is 19.5 Å². The van der Waals surface area contributed by atoms with Crippen LogP contribution >= 0.6 is 0 Å². The zero-order valence-corrected chi connectivity index (χ0v) is 9.23. The minimum Gasteiger partial charge on any atom is -0.394 e. The topological polar surface area (TPSA) is 43.8 Å². The quantitative estimate of drug-likeness (QED) is 0.678. The van der Waals surface area contributed by atoms with Gasteiger partial charge in [0.15, 0.2) is 0 Å². The number of carbonyl (C=O) groups is 1. The molecular weight excluding hydrogens is 180 g/mol. The number of likely N-dealkylation sites (N-methyl/N-ethyl adjacent to an activating group) is 2. The van der Waals surface area contributed by atoms with Crippen molar-refractivity contribution in [2.75, 3.05) is 26.7 Å². The monoisotopic (exact) mass is 200 g/mol. The molecule has 4 nitrogen and oxygen atoms in total. The molecule has 2 atom stereocenters. The molecule has 0 bridgehead atoms. The first-order chi connectivity index (χ1) is 6.61. The fourth-order valence-corrected chi connectivity index (χ4v) is 1.88. The van der Waals surface area contributed by atoms with Crippen LogP contribution < -0.4 is 0 Å². The van der Waals surface area contributed by atoms with Gasteiger partial charge in [0.1, 0.15) is 6.04 Å². The summed E-state index contributed by atoms with van der Waals surface area (Å²) in [6.45, 7) is 5.69. The molecular formula is C10H20N2O2. The van der Waals surface area contributed by atoms with Gasteiger partial charge in [-0.2, -0.15) is 0 Å². The number of amides is 1. The van der Waals surface area contributed by atoms with Gasteiger partial charge in [0.05, 0.1) is 6.61 Å². The van der Waals surface area contributed by atoms with Crippen molar-refractivity contribution in [3.05, 3.63) is 0 Å². The lowest BCUT2D eigenvalue weighted by Gasteiger charge is -2.27. The van der Waals surface area contributed by atoms with E-state index in [2.05, 4.69) is 0 Å². The van der Waals surface area contributed by atoms with Gasteiger partial charge in [0.2, 0.25) is 5.91 Å². The number of carbonyl (C=O) groups excluding carboxylic acids is 1. The van der Waals surface area contributed by atoms with Crippen LogP contribution in [0.2, 0.25) is 0 Å². The van der Waals surface area contributed by atoms with Crippen LogP contribution in [-0.2, 0) is 4.79 Å². The second-order valence-electron chi connectivity index (χ2n) is 3.91. The van der Waals surface area contributed by atoms with Gasteiger partial charge in [0, 0.05) is 19.6 Å². The largest absolute Gasteiger partial charge is 0.394 e. The van der Waals surface area contributed by atoms with E-state index in [1.54, 1.807) is 4.90 Å². The molecule has 1 saturated heterocycles. The molecule has 1 rings (SSSR count). The molecule has 0 radical (unpaired) electrons. The molecule has 0 aromatic carbocycles. The van der Waals surface area contributed by atoms with Crippen LogP contribution in [-0.4, -0.2) is 59.6 Å². The molecule has 14 heavy (non-hydrogen) atoms. The second kappa shape index (κ2) is 4.75. The van der Waals surface area contributed by atoms with Crippen LogP contribution in [0.25, 0.3) is 0 Å². The van der Waals surface area contributed by atoms with Gasteiger partial charge in [-0.05, 0) is 19.9 Å². The highest BCUT2D eigenvalue weighted by Gasteiger charge is 2.32. The Kier molecular flexibility index (Phi) is 3.89. The predicted octanol–water partition coefficient (Wildman–Crippen LogP) is -0.0802. The minimum absolute atomic E-state index is 0.0411. The van der Waals surface area contributed by atoms with Crippen molar-refractivity contribution in [2.24, 2.45) is 0 Å². The summed E-state index contributed by atoms with van der Waals surface area (Å²) in [6.07, 6.45) is 0.979. The SMILES string of the molecule is CCN1CCC(C)N(C)C(=O)C1CO. The molecule has 0 saturated carbocycles. The highest BCUT2D eigenvalue weighted by molar-refractivity contribution is 5.82. The summed E-state index contributed by atoms with van der Waals surface area (Å²) in [5.41, 5.74) is 0. The van der Waals surface area contributed by atoms with Crippen LogP contribution in [0.3, 0.4) is 0 Å². The third-order valence-electron chi connectivity index (χ3n) is 3.15.